The highest BCUT2D eigenvalue weighted by atomic mass is 32.1. The van der Waals surface area contributed by atoms with Gasteiger partial charge in [0.15, 0.2) is 0 Å². The van der Waals surface area contributed by atoms with Crippen LogP contribution in [0.25, 0.3) is 0 Å². The predicted octanol–water partition coefficient (Wildman–Crippen LogP) is 5.32. The lowest BCUT2D eigenvalue weighted by Gasteiger charge is -2.42. The van der Waals surface area contributed by atoms with Gasteiger partial charge in [-0.1, -0.05) is 36.4 Å². The van der Waals surface area contributed by atoms with E-state index in [0.29, 0.717) is 51.5 Å². The lowest BCUT2D eigenvalue weighted by Crippen LogP contribution is -2.64. The fourth-order valence-corrected chi connectivity index (χ4v) is 7.31. The number of benzene rings is 1. The Morgan fingerprint density at radius 2 is 1.63 bits per heavy atom. The SMILES string of the molecule is C[C@@H]1N=C(N2CCN(C(=O)[C@@H](CC3CCN(C(=O)OC(C)(C)C)CC3)NC(=O)OC(C)(C)C)[C@H](C(=O)NCc3cccs3)C2)O[C@H]1c1ccccc1. The van der Waals surface area contributed by atoms with E-state index in [-0.39, 0.29) is 49.1 Å². The molecule has 4 amide bonds. The van der Waals surface area contributed by atoms with E-state index in [9.17, 15) is 19.2 Å². The number of nitrogens with zero attached hydrogens (tertiary/aromatic N) is 4. The van der Waals surface area contributed by atoms with Crippen molar-refractivity contribution >= 4 is 41.4 Å². The van der Waals surface area contributed by atoms with Gasteiger partial charge >= 0.3 is 12.2 Å². The number of amides is 4. The predicted molar refractivity (Wildman–Crippen MR) is 199 cm³/mol. The van der Waals surface area contributed by atoms with Crippen LogP contribution in [0.1, 0.15) is 84.3 Å². The second-order valence-corrected chi connectivity index (χ2v) is 16.8. The van der Waals surface area contributed by atoms with Crippen molar-refractivity contribution < 1.29 is 33.4 Å². The van der Waals surface area contributed by atoms with E-state index in [0.717, 1.165) is 10.4 Å². The average Bonchev–Trinajstić information content (AvgIpc) is 3.75. The van der Waals surface area contributed by atoms with Crippen LogP contribution in [-0.2, 0) is 30.3 Å². The first-order chi connectivity index (χ1) is 24.6. The Labute approximate surface area is 311 Å². The van der Waals surface area contributed by atoms with Crippen LogP contribution in [-0.4, -0.2) is 107 Å². The van der Waals surface area contributed by atoms with Gasteiger partial charge in [0.2, 0.25) is 11.8 Å². The fourth-order valence-electron chi connectivity index (χ4n) is 6.66. The lowest BCUT2D eigenvalue weighted by atomic mass is 9.89. The van der Waals surface area contributed by atoms with Crippen LogP contribution in [0.4, 0.5) is 9.59 Å². The standard InChI is InChI=1S/C38H54N6O7S/c1-25-31(27-12-9-8-10-13-27)49-34(40-25)43-19-20-44(30(24-43)32(45)39-23-28-14-11-21-52-28)33(46)29(41-35(47)50-37(2,3)4)22-26-15-17-42(18-16-26)36(48)51-38(5,6)7/h8-14,21,25-26,29-31H,15-20,22-24H2,1-7H3,(H,39,45)(H,41,47)/t25-,29+,30-,31+/m0/s1. The molecule has 0 unspecified atom stereocenters. The molecule has 2 N–H and O–H groups in total. The number of amidine groups is 1. The Morgan fingerprint density at radius 1 is 0.942 bits per heavy atom. The molecule has 14 heteroatoms. The molecule has 2 saturated heterocycles. The monoisotopic (exact) mass is 738 g/mol. The zero-order valence-corrected chi connectivity index (χ0v) is 32.2. The van der Waals surface area contributed by atoms with Crippen molar-refractivity contribution in [2.24, 2.45) is 10.9 Å². The molecule has 2 aromatic rings. The summed E-state index contributed by atoms with van der Waals surface area (Å²) in [5.41, 5.74) is -0.360. The summed E-state index contributed by atoms with van der Waals surface area (Å²) < 4.78 is 17.5. The van der Waals surface area contributed by atoms with Crippen molar-refractivity contribution in [2.75, 3.05) is 32.7 Å². The van der Waals surface area contributed by atoms with E-state index < -0.39 is 29.4 Å². The quantitative estimate of drug-likeness (QED) is 0.371. The molecule has 0 aliphatic carbocycles. The van der Waals surface area contributed by atoms with Gasteiger partial charge in [0.1, 0.15) is 29.4 Å². The summed E-state index contributed by atoms with van der Waals surface area (Å²) in [5, 5.41) is 7.82. The number of hydrogen-bond donors (Lipinski definition) is 2. The number of likely N-dealkylation sites (tertiary alicyclic amines) is 1. The molecule has 4 atom stereocenters. The number of ether oxygens (including phenoxy) is 3. The van der Waals surface area contributed by atoms with Gasteiger partial charge in [0, 0.05) is 31.1 Å². The van der Waals surface area contributed by atoms with Crippen LogP contribution in [0.2, 0.25) is 0 Å². The summed E-state index contributed by atoms with van der Waals surface area (Å²) >= 11 is 1.54. The van der Waals surface area contributed by atoms with Gasteiger partial charge in [-0.3, -0.25) is 9.59 Å². The molecule has 1 aromatic carbocycles. The number of carbonyl (C=O) groups excluding carboxylic acids is 4. The molecule has 0 radical (unpaired) electrons. The molecule has 0 saturated carbocycles. The molecule has 5 rings (SSSR count). The van der Waals surface area contributed by atoms with Crippen LogP contribution in [0.3, 0.4) is 0 Å². The van der Waals surface area contributed by atoms with E-state index in [1.807, 2.05) is 80.4 Å². The van der Waals surface area contributed by atoms with Crippen molar-refractivity contribution in [1.29, 1.82) is 0 Å². The Balaban J connectivity index is 1.33. The highest BCUT2D eigenvalue weighted by molar-refractivity contribution is 7.09. The number of carbonyl (C=O) groups is 4. The fraction of sp³-hybridized carbons (Fsp3) is 0.605. The number of piperazine rings is 1. The van der Waals surface area contributed by atoms with Crippen molar-refractivity contribution in [3.63, 3.8) is 0 Å². The minimum Gasteiger partial charge on any atom is -0.455 e. The van der Waals surface area contributed by atoms with Gasteiger partial charge in [-0.15, -0.1) is 11.3 Å². The largest absolute Gasteiger partial charge is 0.455 e. The summed E-state index contributed by atoms with van der Waals surface area (Å²) in [6.45, 7) is 14.9. The van der Waals surface area contributed by atoms with Crippen LogP contribution < -0.4 is 10.6 Å². The summed E-state index contributed by atoms with van der Waals surface area (Å²) in [5.74, 6) is -0.631. The van der Waals surface area contributed by atoms with Crippen molar-refractivity contribution in [1.82, 2.24) is 25.3 Å². The summed E-state index contributed by atoms with van der Waals surface area (Å²) in [4.78, 5) is 65.4. The van der Waals surface area contributed by atoms with Gasteiger partial charge in [-0.2, -0.15) is 0 Å². The van der Waals surface area contributed by atoms with Crippen LogP contribution in [0.5, 0.6) is 0 Å². The molecular weight excluding hydrogens is 685 g/mol. The number of hydrogen-bond acceptors (Lipinski definition) is 10. The topological polar surface area (TPSA) is 142 Å². The third-order valence-electron chi connectivity index (χ3n) is 9.19. The number of alkyl carbamates (subject to hydrolysis) is 1. The smallest absolute Gasteiger partial charge is 0.410 e. The zero-order chi connectivity index (χ0) is 37.6. The van der Waals surface area contributed by atoms with Gasteiger partial charge in [0.25, 0.3) is 6.02 Å². The summed E-state index contributed by atoms with van der Waals surface area (Å²) in [6, 6.07) is 12.3. The lowest BCUT2D eigenvalue weighted by molar-refractivity contribution is -0.145. The van der Waals surface area contributed by atoms with Gasteiger partial charge in [-0.25, -0.2) is 14.6 Å². The first kappa shape index (κ1) is 38.9. The molecule has 0 spiro atoms. The van der Waals surface area contributed by atoms with Gasteiger partial charge < -0.3 is 39.5 Å². The highest BCUT2D eigenvalue weighted by Crippen LogP contribution is 2.31. The normalized spacial score (nSPS) is 21.9. The third kappa shape index (κ3) is 10.6. The van der Waals surface area contributed by atoms with E-state index >= 15 is 0 Å². The Kier molecular flexibility index (Phi) is 12.4. The Hall–Kier alpha value is -4.33. The molecular formula is C38H54N6O7S. The molecule has 0 bridgehead atoms. The summed E-state index contributed by atoms with van der Waals surface area (Å²) in [7, 11) is 0. The van der Waals surface area contributed by atoms with E-state index in [1.165, 1.54) is 11.3 Å². The second kappa shape index (κ2) is 16.6. The van der Waals surface area contributed by atoms with Gasteiger partial charge in [-0.05, 0) is 90.7 Å². The molecule has 2 fully saturated rings. The van der Waals surface area contributed by atoms with E-state index in [1.54, 1.807) is 30.6 Å². The average molecular weight is 739 g/mol. The second-order valence-electron chi connectivity index (χ2n) is 15.7. The van der Waals surface area contributed by atoms with Crippen molar-refractivity contribution in [3.8, 4) is 0 Å². The number of rotatable bonds is 8. The number of aliphatic imine (C=N–C) groups is 1. The van der Waals surface area contributed by atoms with E-state index in [4.69, 9.17) is 19.2 Å². The number of piperidine rings is 1. The molecule has 3 aliphatic heterocycles. The van der Waals surface area contributed by atoms with E-state index in [2.05, 4.69) is 10.6 Å². The summed E-state index contributed by atoms with van der Waals surface area (Å²) in [6.07, 6.45) is 0.274. The maximum Gasteiger partial charge on any atom is 0.410 e. The Morgan fingerprint density at radius 3 is 2.27 bits per heavy atom. The maximum absolute atomic E-state index is 14.6. The molecule has 3 aliphatic rings. The molecule has 4 heterocycles. The Bertz CT molecular complexity index is 1560. The molecule has 284 valence electrons. The molecule has 13 nitrogen and oxygen atoms in total. The first-order valence-corrected chi connectivity index (χ1v) is 19.1. The zero-order valence-electron chi connectivity index (χ0n) is 31.4. The first-order valence-electron chi connectivity index (χ1n) is 18.2. The van der Waals surface area contributed by atoms with Crippen LogP contribution in [0, 0.1) is 5.92 Å². The molecule has 52 heavy (non-hydrogen) atoms. The minimum absolute atomic E-state index is 0.0348. The van der Waals surface area contributed by atoms with Crippen molar-refractivity contribution in [2.45, 2.75) is 110 Å². The van der Waals surface area contributed by atoms with Crippen LogP contribution in [0.15, 0.2) is 52.8 Å². The molecule has 1 aromatic heterocycles. The number of thiophene rings is 1. The minimum atomic E-state index is -0.949. The maximum atomic E-state index is 14.6. The van der Waals surface area contributed by atoms with Crippen molar-refractivity contribution in [3.05, 3.63) is 58.3 Å². The highest BCUT2D eigenvalue weighted by Gasteiger charge is 2.43. The number of nitrogens with one attached hydrogen (secondary N) is 2. The van der Waals surface area contributed by atoms with Crippen LogP contribution >= 0.6 is 11.3 Å². The van der Waals surface area contributed by atoms with Gasteiger partial charge in [0.05, 0.1) is 19.1 Å². The third-order valence-corrected chi connectivity index (χ3v) is 10.1.